The molecule has 0 aromatic carbocycles. The SMILES string of the molecule is CN=C(NCCCCCN1CCCCC1)NC1CC2CCC(C1)N2C(=O)OC(C)(C)C.I. The summed E-state index contributed by atoms with van der Waals surface area (Å²) >= 11 is 0. The molecule has 8 heteroatoms. The van der Waals surface area contributed by atoms with E-state index in [1.165, 1.54) is 58.2 Å². The molecule has 3 aliphatic heterocycles. The lowest BCUT2D eigenvalue weighted by Gasteiger charge is -2.40. The number of unbranched alkanes of at least 4 members (excludes halogenated alkanes) is 2. The van der Waals surface area contributed by atoms with Crippen molar-refractivity contribution in [2.75, 3.05) is 33.2 Å². The van der Waals surface area contributed by atoms with Gasteiger partial charge in [0.15, 0.2) is 5.96 Å². The van der Waals surface area contributed by atoms with Crippen molar-refractivity contribution in [3.05, 3.63) is 0 Å². The zero-order valence-corrected chi connectivity index (χ0v) is 23.0. The number of fused-ring (bicyclic) bond motifs is 2. The van der Waals surface area contributed by atoms with Crippen molar-refractivity contribution >= 4 is 36.0 Å². The molecule has 1 amide bonds. The number of aliphatic imine (C=N–C) groups is 1. The average molecular weight is 564 g/mol. The summed E-state index contributed by atoms with van der Waals surface area (Å²) in [5, 5.41) is 7.10. The number of guanidine groups is 1. The van der Waals surface area contributed by atoms with E-state index in [-0.39, 0.29) is 42.2 Å². The lowest BCUT2D eigenvalue weighted by atomic mass is 9.98. The Balaban J connectivity index is 0.00000363. The number of rotatable bonds is 7. The van der Waals surface area contributed by atoms with Gasteiger partial charge in [0.05, 0.1) is 0 Å². The fourth-order valence-corrected chi connectivity index (χ4v) is 5.32. The van der Waals surface area contributed by atoms with Gasteiger partial charge in [-0.3, -0.25) is 4.99 Å². The Hall–Kier alpha value is -0.770. The van der Waals surface area contributed by atoms with Crippen molar-refractivity contribution in [1.82, 2.24) is 20.4 Å². The molecule has 3 saturated heterocycles. The van der Waals surface area contributed by atoms with E-state index in [9.17, 15) is 4.79 Å². The molecule has 2 unspecified atom stereocenters. The van der Waals surface area contributed by atoms with Gasteiger partial charge >= 0.3 is 6.09 Å². The smallest absolute Gasteiger partial charge is 0.410 e. The number of nitrogens with one attached hydrogen (secondary N) is 2. The fourth-order valence-electron chi connectivity index (χ4n) is 5.32. The predicted octanol–water partition coefficient (Wildman–Crippen LogP) is 4.36. The largest absolute Gasteiger partial charge is 0.444 e. The number of nitrogens with zero attached hydrogens (tertiary/aromatic N) is 3. The predicted molar refractivity (Wildman–Crippen MR) is 142 cm³/mol. The Kier molecular flexibility index (Phi) is 11.3. The summed E-state index contributed by atoms with van der Waals surface area (Å²) in [5.74, 6) is 0.895. The highest BCUT2D eigenvalue weighted by Crippen LogP contribution is 2.36. The minimum Gasteiger partial charge on any atom is -0.444 e. The summed E-state index contributed by atoms with van der Waals surface area (Å²) < 4.78 is 5.65. The van der Waals surface area contributed by atoms with Crippen LogP contribution in [0.3, 0.4) is 0 Å². The first kappa shape index (κ1) is 27.5. The summed E-state index contributed by atoms with van der Waals surface area (Å²) in [4.78, 5) is 21.7. The third-order valence-electron chi connectivity index (χ3n) is 6.79. The van der Waals surface area contributed by atoms with Crippen molar-refractivity contribution in [2.45, 2.75) is 109 Å². The molecule has 7 nitrogen and oxygen atoms in total. The fraction of sp³-hybridized carbons (Fsp3) is 0.917. The number of hydrogen-bond donors (Lipinski definition) is 2. The number of halogens is 1. The van der Waals surface area contributed by atoms with Gasteiger partial charge in [-0.15, -0.1) is 24.0 Å². The Morgan fingerprint density at radius 3 is 2.28 bits per heavy atom. The van der Waals surface area contributed by atoms with Gasteiger partial charge in [0.2, 0.25) is 0 Å². The van der Waals surface area contributed by atoms with E-state index >= 15 is 0 Å². The van der Waals surface area contributed by atoms with Gasteiger partial charge in [0.25, 0.3) is 0 Å². The monoisotopic (exact) mass is 563 g/mol. The molecule has 0 aromatic heterocycles. The molecule has 32 heavy (non-hydrogen) atoms. The second-order valence-electron chi connectivity index (χ2n) is 10.5. The Morgan fingerprint density at radius 1 is 1.03 bits per heavy atom. The van der Waals surface area contributed by atoms with E-state index in [2.05, 4.69) is 20.5 Å². The molecule has 0 spiro atoms. The molecule has 3 fully saturated rings. The van der Waals surface area contributed by atoms with Crippen LogP contribution in [0, 0.1) is 0 Å². The first-order valence-electron chi connectivity index (χ1n) is 12.6. The summed E-state index contributed by atoms with van der Waals surface area (Å²) in [7, 11) is 1.84. The molecule has 3 heterocycles. The van der Waals surface area contributed by atoms with Gasteiger partial charge < -0.3 is 25.2 Å². The van der Waals surface area contributed by atoms with Crippen molar-refractivity contribution in [3.63, 3.8) is 0 Å². The van der Waals surface area contributed by atoms with Gasteiger partial charge in [-0.1, -0.05) is 12.8 Å². The molecule has 3 rings (SSSR count). The Labute approximate surface area is 212 Å². The van der Waals surface area contributed by atoms with Gasteiger partial charge in [-0.05, 0) is 91.8 Å². The van der Waals surface area contributed by atoms with E-state index in [0.717, 1.165) is 38.2 Å². The summed E-state index contributed by atoms with van der Waals surface area (Å²) in [6.07, 6.45) is 11.8. The molecular weight excluding hydrogens is 517 g/mol. The van der Waals surface area contributed by atoms with Crippen molar-refractivity contribution < 1.29 is 9.53 Å². The minimum atomic E-state index is -0.439. The third kappa shape index (κ3) is 8.54. The van der Waals surface area contributed by atoms with Crippen LogP contribution < -0.4 is 10.6 Å². The maximum atomic E-state index is 12.6. The van der Waals surface area contributed by atoms with Gasteiger partial charge in [0, 0.05) is 31.7 Å². The Bertz CT molecular complexity index is 590. The first-order chi connectivity index (χ1) is 14.9. The van der Waals surface area contributed by atoms with Crippen molar-refractivity contribution in [1.29, 1.82) is 0 Å². The van der Waals surface area contributed by atoms with Crippen molar-refractivity contribution in [3.8, 4) is 0 Å². The highest BCUT2D eigenvalue weighted by atomic mass is 127. The van der Waals surface area contributed by atoms with Gasteiger partial charge in [0.1, 0.15) is 5.60 Å². The van der Waals surface area contributed by atoms with E-state index in [4.69, 9.17) is 4.74 Å². The normalized spacial score (nSPS) is 26.4. The van der Waals surface area contributed by atoms with Crippen LogP contribution in [0.2, 0.25) is 0 Å². The lowest BCUT2D eigenvalue weighted by molar-refractivity contribution is 0.00545. The molecule has 2 bridgehead atoms. The summed E-state index contributed by atoms with van der Waals surface area (Å²) in [6, 6.07) is 0.916. The van der Waals surface area contributed by atoms with E-state index in [1.807, 2.05) is 32.7 Å². The highest BCUT2D eigenvalue weighted by molar-refractivity contribution is 14.0. The number of carbonyl (C=O) groups excluding carboxylic acids is 1. The second kappa shape index (κ2) is 13.2. The van der Waals surface area contributed by atoms with Crippen LogP contribution in [0.1, 0.15) is 85.0 Å². The number of likely N-dealkylation sites (tertiary alicyclic amines) is 1. The molecule has 0 aromatic rings. The topological polar surface area (TPSA) is 69.2 Å². The number of piperidine rings is 2. The third-order valence-corrected chi connectivity index (χ3v) is 6.79. The zero-order chi connectivity index (χ0) is 22.3. The molecule has 2 N–H and O–H groups in total. The van der Waals surface area contributed by atoms with E-state index in [1.54, 1.807) is 0 Å². The first-order valence-corrected chi connectivity index (χ1v) is 12.6. The van der Waals surface area contributed by atoms with Crippen LogP contribution >= 0.6 is 24.0 Å². The van der Waals surface area contributed by atoms with Crippen LogP contribution in [0.4, 0.5) is 4.79 Å². The molecule has 186 valence electrons. The highest BCUT2D eigenvalue weighted by Gasteiger charge is 2.45. The summed E-state index contributed by atoms with van der Waals surface area (Å²) in [6.45, 7) is 10.6. The average Bonchev–Trinajstić information content (AvgIpc) is 3.00. The quantitative estimate of drug-likeness (QED) is 0.209. The van der Waals surface area contributed by atoms with Crippen LogP contribution in [-0.2, 0) is 4.74 Å². The maximum absolute atomic E-state index is 12.6. The van der Waals surface area contributed by atoms with E-state index in [0.29, 0.717) is 6.04 Å². The van der Waals surface area contributed by atoms with Crippen LogP contribution in [-0.4, -0.2) is 78.8 Å². The minimum absolute atomic E-state index is 0. The number of hydrogen-bond acceptors (Lipinski definition) is 4. The second-order valence-corrected chi connectivity index (χ2v) is 10.5. The number of ether oxygens (including phenoxy) is 1. The lowest BCUT2D eigenvalue weighted by Crippen LogP contribution is -2.55. The molecular formula is C24H46IN5O2. The van der Waals surface area contributed by atoms with E-state index < -0.39 is 5.60 Å². The molecule has 3 aliphatic rings. The van der Waals surface area contributed by atoms with Crippen LogP contribution in [0.25, 0.3) is 0 Å². The summed E-state index contributed by atoms with van der Waals surface area (Å²) in [5.41, 5.74) is -0.439. The standard InChI is InChI=1S/C24H45N5O2.HI/c1-24(2,3)31-23(30)29-20-11-12-21(29)18-19(17-20)27-22(25-4)26-13-7-5-8-14-28-15-9-6-10-16-28;/h19-21H,5-18H2,1-4H3,(H2,25,26,27);1H. The number of carbonyl (C=O) groups is 1. The van der Waals surface area contributed by atoms with Crippen molar-refractivity contribution in [2.24, 2.45) is 4.99 Å². The van der Waals surface area contributed by atoms with Gasteiger partial charge in [-0.2, -0.15) is 0 Å². The molecule has 2 atom stereocenters. The molecule has 0 radical (unpaired) electrons. The van der Waals surface area contributed by atoms with Crippen LogP contribution in [0.15, 0.2) is 4.99 Å². The molecule has 0 saturated carbocycles. The van der Waals surface area contributed by atoms with Crippen LogP contribution in [0.5, 0.6) is 0 Å². The zero-order valence-electron chi connectivity index (χ0n) is 20.7. The maximum Gasteiger partial charge on any atom is 0.410 e. The molecule has 0 aliphatic carbocycles. The number of amides is 1. The van der Waals surface area contributed by atoms with Gasteiger partial charge in [-0.25, -0.2) is 4.79 Å². The Morgan fingerprint density at radius 2 is 1.69 bits per heavy atom.